The van der Waals surface area contributed by atoms with Gasteiger partial charge in [0.1, 0.15) is 0 Å². The average Bonchev–Trinajstić information content (AvgIpc) is 2.96. The Morgan fingerprint density at radius 3 is 1.48 bits per heavy atom. The van der Waals surface area contributed by atoms with Crippen LogP contribution in [-0.4, -0.2) is 0 Å². The van der Waals surface area contributed by atoms with Crippen molar-refractivity contribution < 1.29 is 0 Å². The van der Waals surface area contributed by atoms with Crippen LogP contribution in [0.3, 0.4) is 0 Å². The van der Waals surface area contributed by atoms with Crippen LogP contribution in [0.25, 0.3) is 11.1 Å². The minimum atomic E-state index is 0.116. The Labute approximate surface area is 169 Å². The quantitative estimate of drug-likeness (QED) is 0.382. The molecule has 2 aromatic rings. The summed E-state index contributed by atoms with van der Waals surface area (Å²) in [5.74, 6) is 1.22. The third kappa shape index (κ3) is 2.84. The molecule has 1 aliphatic rings. The molecule has 0 fully saturated rings. The number of halogens is 2. The van der Waals surface area contributed by atoms with Crippen LogP contribution in [-0.2, 0) is 16.1 Å². The highest BCUT2D eigenvalue weighted by Gasteiger charge is 2.49. The van der Waals surface area contributed by atoms with Crippen molar-refractivity contribution in [3.63, 3.8) is 0 Å². The molecule has 0 saturated heterocycles. The molecular weight excluding hydrogens is 436 g/mol. The standard InChI is InChI=1S/C23H28Br2/c1-5-15(3)23(16(4)6-2)21-11-17(13-24)7-9-19(21)20-10-8-18(14-25)12-22(20)23/h7-12,15-16H,5-6,13-14H2,1-4H3. The summed E-state index contributed by atoms with van der Waals surface area (Å²) in [6, 6.07) is 14.2. The van der Waals surface area contributed by atoms with Crippen LogP contribution in [0, 0.1) is 11.8 Å². The van der Waals surface area contributed by atoms with Gasteiger partial charge in [0.2, 0.25) is 0 Å². The zero-order valence-electron chi connectivity index (χ0n) is 15.7. The van der Waals surface area contributed by atoms with Gasteiger partial charge in [-0.1, -0.05) is 109 Å². The van der Waals surface area contributed by atoms with Crippen molar-refractivity contribution >= 4 is 31.9 Å². The first-order chi connectivity index (χ1) is 12.0. The van der Waals surface area contributed by atoms with Gasteiger partial charge >= 0.3 is 0 Å². The lowest BCUT2D eigenvalue weighted by Gasteiger charge is -2.43. The van der Waals surface area contributed by atoms with Gasteiger partial charge in [-0.3, -0.25) is 0 Å². The zero-order chi connectivity index (χ0) is 18.2. The molecule has 0 aliphatic heterocycles. The molecule has 0 spiro atoms. The molecule has 25 heavy (non-hydrogen) atoms. The summed E-state index contributed by atoms with van der Waals surface area (Å²) in [5, 5.41) is 1.83. The number of benzene rings is 2. The summed E-state index contributed by atoms with van der Waals surface area (Å²) in [4.78, 5) is 0. The van der Waals surface area contributed by atoms with Crippen LogP contribution < -0.4 is 0 Å². The minimum Gasteiger partial charge on any atom is -0.0876 e. The fourth-order valence-electron chi connectivity index (χ4n) is 4.84. The molecular formula is C23H28Br2. The van der Waals surface area contributed by atoms with Crippen molar-refractivity contribution in [1.29, 1.82) is 0 Å². The van der Waals surface area contributed by atoms with Crippen molar-refractivity contribution in [2.24, 2.45) is 11.8 Å². The fraction of sp³-hybridized carbons (Fsp3) is 0.478. The number of alkyl halides is 2. The number of hydrogen-bond acceptors (Lipinski definition) is 0. The fourth-order valence-corrected chi connectivity index (χ4v) is 5.54. The molecule has 2 heteroatoms. The third-order valence-corrected chi connectivity index (χ3v) is 7.73. The smallest absolute Gasteiger partial charge is 0.0283 e. The molecule has 3 rings (SSSR count). The topological polar surface area (TPSA) is 0 Å². The van der Waals surface area contributed by atoms with Crippen LogP contribution in [0.4, 0.5) is 0 Å². The highest BCUT2D eigenvalue weighted by Crippen LogP contribution is 2.58. The minimum absolute atomic E-state index is 0.116. The lowest BCUT2D eigenvalue weighted by molar-refractivity contribution is 0.235. The molecule has 0 aromatic heterocycles. The SMILES string of the molecule is CCC(C)C1(C(C)CC)c2cc(CBr)ccc2-c2ccc(CBr)cc21. The van der Waals surface area contributed by atoms with E-state index in [9.17, 15) is 0 Å². The third-order valence-electron chi connectivity index (χ3n) is 6.44. The van der Waals surface area contributed by atoms with E-state index in [1.54, 1.807) is 11.1 Å². The first-order valence-corrected chi connectivity index (χ1v) is 11.7. The van der Waals surface area contributed by atoms with Crippen molar-refractivity contribution in [2.45, 2.75) is 56.6 Å². The number of hydrogen-bond donors (Lipinski definition) is 0. The van der Waals surface area contributed by atoms with Crippen LogP contribution in [0.2, 0.25) is 0 Å². The van der Waals surface area contributed by atoms with Crippen molar-refractivity contribution in [1.82, 2.24) is 0 Å². The van der Waals surface area contributed by atoms with Crippen LogP contribution in [0.15, 0.2) is 36.4 Å². The summed E-state index contributed by atoms with van der Waals surface area (Å²) in [6.45, 7) is 9.59. The maximum Gasteiger partial charge on any atom is 0.0283 e. The summed E-state index contributed by atoms with van der Waals surface area (Å²) >= 11 is 7.33. The Hall–Kier alpha value is -0.600. The van der Waals surface area contributed by atoms with Gasteiger partial charge in [-0.15, -0.1) is 0 Å². The van der Waals surface area contributed by atoms with Gasteiger partial charge in [-0.25, -0.2) is 0 Å². The van der Waals surface area contributed by atoms with Crippen molar-refractivity contribution in [3.05, 3.63) is 58.7 Å². The Bertz CT molecular complexity index is 697. The van der Waals surface area contributed by atoms with Crippen molar-refractivity contribution in [2.75, 3.05) is 0 Å². The lowest BCUT2D eigenvalue weighted by Crippen LogP contribution is -2.39. The van der Waals surface area contributed by atoms with Crippen LogP contribution in [0.5, 0.6) is 0 Å². The molecule has 0 N–H and O–H groups in total. The molecule has 0 nitrogen and oxygen atoms in total. The van der Waals surface area contributed by atoms with Gasteiger partial charge in [0.15, 0.2) is 0 Å². The highest BCUT2D eigenvalue weighted by molar-refractivity contribution is 9.08. The van der Waals surface area contributed by atoms with E-state index in [0.717, 1.165) is 10.7 Å². The van der Waals surface area contributed by atoms with Gasteiger partial charge < -0.3 is 0 Å². The molecule has 0 radical (unpaired) electrons. The first-order valence-electron chi connectivity index (χ1n) is 9.43. The first kappa shape index (κ1) is 19.2. The van der Waals surface area contributed by atoms with E-state index in [0.29, 0.717) is 11.8 Å². The molecule has 0 heterocycles. The van der Waals surface area contributed by atoms with E-state index >= 15 is 0 Å². The summed E-state index contributed by atoms with van der Waals surface area (Å²) in [5.41, 5.74) is 8.86. The Morgan fingerprint density at radius 2 is 1.16 bits per heavy atom. The Kier molecular flexibility index (Phi) is 5.80. The van der Waals surface area contributed by atoms with E-state index < -0.39 is 0 Å². The second-order valence-electron chi connectivity index (χ2n) is 7.51. The van der Waals surface area contributed by atoms with E-state index in [-0.39, 0.29) is 5.41 Å². The molecule has 0 amide bonds. The second-order valence-corrected chi connectivity index (χ2v) is 8.64. The largest absolute Gasteiger partial charge is 0.0876 e. The van der Waals surface area contributed by atoms with E-state index in [1.807, 2.05) is 0 Å². The molecule has 134 valence electrons. The predicted octanol–water partition coefficient (Wildman–Crippen LogP) is 7.84. The predicted molar refractivity (Wildman–Crippen MR) is 117 cm³/mol. The molecule has 2 atom stereocenters. The van der Waals surface area contributed by atoms with E-state index in [2.05, 4.69) is 96.0 Å². The second kappa shape index (κ2) is 7.56. The van der Waals surface area contributed by atoms with Gasteiger partial charge in [0.25, 0.3) is 0 Å². The molecule has 0 bridgehead atoms. The van der Waals surface area contributed by atoms with Gasteiger partial charge in [0, 0.05) is 16.1 Å². The Balaban J connectivity index is 2.39. The summed E-state index contributed by atoms with van der Waals surface area (Å²) in [6.07, 6.45) is 2.39. The lowest BCUT2D eigenvalue weighted by atomic mass is 9.60. The van der Waals surface area contributed by atoms with Gasteiger partial charge in [0.05, 0.1) is 0 Å². The van der Waals surface area contributed by atoms with Crippen LogP contribution in [0.1, 0.15) is 62.8 Å². The highest BCUT2D eigenvalue weighted by atomic mass is 79.9. The van der Waals surface area contributed by atoms with E-state index in [4.69, 9.17) is 0 Å². The molecule has 0 saturated carbocycles. The molecule has 2 unspecified atom stereocenters. The Morgan fingerprint density at radius 1 is 0.760 bits per heavy atom. The summed E-state index contributed by atoms with van der Waals surface area (Å²) in [7, 11) is 0. The summed E-state index contributed by atoms with van der Waals surface area (Å²) < 4.78 is 0. The zero-order valence-corrected chi connectivity index (χ0v) is 18.9. The van der Waals surface area contributed by atoms with Crippen LogP contribution >= 0.6 is 31.9 Å². The molecule has 2 aromatic carbocycles. The monoisotopic (exact) mass is 462 g/mol. The average molecular weight is 464 g/mol. The van der Waals surface area contributed by atoms with Crippen molar-refractivity contribution in [3.8, 4) is 11.1 Å². The van der Waals surface area contributed by atoms with Gasteiger partial charge in [-0.05, 0) is 45.2 Å². The molecule has 1 aliphatic carbocycles. The maximum atomic E-state index is 3.66. The normalized spacial score (nSPS) is 17.0. The van der Waals surface area contributed by atoms with Gasteiger partial charge in [-0.2, -0.15) is 0 Å². The van der Waals surface area contributed by atoms with E-state index in [1.165, 1.54) is 35.1 Å². The number of fused-ring (bicyclic) bond motifs is 3. The number of rotatable bonds is 6. The maximum absolute atomic E-state index is 3.66.